The molecule has 0 unspecified atom stereocenters. The quantitative estimate of drug-likeness (QED) is 0.501. The number of carboxylic acids is 2. The number of carboxylic acid groups (broad SMARTS) is 2. The molecule has 0 spiro atoms. The fourth-order valence-electron chi connectivity index (χ4n) is 2.38. The molecule has 1 aliphatic heterocycles. The third-order valence-electron chi connectivity index (χ3n) is 3.87. The number of ether oxygens (including phenoxy) is 1. The third-order valence-corrected chi connectivity index (χ3v) is 3.87. The van der Waals surface area contributed by atoms with Crippen LogP contribution in [-0.4, -0.2) is 66.4 Å². The van der Waals surface area contributed by atoms with Crippen LogP contribution in [0, 0.1) is 0 Å². The van der Waals surface area contributed by atoms with E-state index in [0.29, 0.717) is 0 Å². The summed E-state index contributed by atoms with van der Waals surface area (Å²) >= 11 is 0. The minimum Gasteiger partial charge on any atom is -0.473 e. The molecule has 0 amide bonds. The lowest BCUT2D eigenvalue weighted by molar-refractivity contribution is -0.159. The van der Waals surface area contributed by atoms with E-state index < -0.39 is 11.9 Å². The SMILES string of the molecule is CCc1ccc(CNCCCN2CCOCC2)cc1.O=C(O)C(=O)O. The molecule has 1 aromatic carbocycles. The summed E-state index contributed by atoms with van der Waals surface area (Å²) < 4.78 is 5.35. The fourth-order valence-corrected chi connectivity index (χ4v) is 2.38. The van der Waals surface area contributed by atoms with Crippen LogP contribution in [0.3, 0.4) is 0 Å². The molecule has 0 aliphatic carbocycles. The van der Waals surface area contributed by atoms with Gasteiger partial charge in [-0.2, -0.15) is 0 Å². The average molecular weight is 352 g/mol. The summed E-state index contributed by atoms with van der Waals surface area (Å²) in [6, 6.07) is 8.91. The highest BCUT2D eigenvalue weighted by atomic mass is 16.5. The van der Waals surface area contributed by atoms with Crippen LogP contribution in [0.4, 0.5) is 0 Å². The Kier molecular flexibility index (Phi) is 10.5. The summed E-state index contributed by atoms with van der Waals surface area (Å²) in [5.41, 5.74) is 2.79. The lowest BCUT2D eigenvalue weighted by atomic mass is 10.1. The number of nitrogens with one attached hydrogen (secondary N) is 1. The number of benzene rings is 1. The van der Waals surface area contributed by atoms with Gasteiger partial charge in [0.1, 0.15) is 0 Å². The van der Waals surface area contributed by atoms with Crippen LogP contribution in [0.25, 0.3) is 0 Å². The lowest BCUT2D eigenvalue weighted by Crippen LogP contribution is -2.37. The van der Waals surface area contributed by atoms with Crippen LogP contribution in [0.5, 0.6) is 0 Å². The van der Waals surface area contributed by atoms with Crippen molar-refractivity contribution in [1.82, 2.24) is 10.2 Å². The van der Waals surface area contributed by atoms with E-state index in [2.05, 4.69) is 41.4 Å². The minimum atomic E-state index is -1.82. The molecule has 1 heterocycles. The van der Waals surface area contributed by atoms with Gasteiger partial charge in [0, 0.05) is 19.6 Å². The van der Waals surface area contributed by atoms with Crippen molar-refractivity contribution in [3.05, 3.63) is 35.4 Å². The molecule has 1 fully saturated rings. The molecule has 7 heteroatoms. The molecule has 1 aliphatic rings. The Morgan fingerprint density at radius 2 is 1.64 bits per heavy atom. The molecule has 140 valence electrons. The monoisotopic (exact) mass is 352 g/mol. The number of aryl methyl sites for hydroxylation is 1. The largest absolute Gasteiger partial charge is 0.473 e. The normalized spacial score (nSPS) is 14.4. The predicted molar refractivity (Wildman–Crippen MR) is 94.7 cm³/mol. The Morgan fingerprint density at radius 3 is 2.16 bits per heavy atom. The summed E-state index contributed by atoms with van der Waals surface area (Å²) in [4.78, 5) is 20.7. The average Bonchev–Trinajstić information content (AvgIpc) is 2.63. The van der Waals surface area contributed by atoms with E-state index >= 15 is 0 Å². The summed E-state index contributed by atoms with van der Waals surface area (Å²) in [7, 11) is 0. The summed E-state index contributed by atoms with van der Waals surface area (Å²) in [5, 5.41) is 18.3. The van der Waals surface area contributed by atoms with Gasteiger partial charge in [-0.15, -0.1) is 0 Å². The third kappa shape index (κ3) is 9.81. The van der Waals surface area contributed by atoms with Crippen LogP contribution >= 0.6 is 0 Å². The highest BCUT2D eigenvalue weighted by molar-refractivity contribution is 6.27. The second kappa shape index (κ2) is 12.4. The van der Waals surface area contributed by atoms with Gasteiger partial charge in [-0.05, 0) is 37.1 Å². The first-order chi connectivity index (χ1) is 12.0. The van der Waals surface area contributed by atoms with Gasteiger partial charge in [-0.25, -0.2) is 9.59 Å². The molecule has 1 aromatic rings. The Hall–Kier alpha value is -1.96. The molecule has 25 heavy (non-hydrogen) atoms. The Morgan fingerprint density at radius 1 is 1.08 bits per heavy atom. The highest BCUT2D eigenvalue weighted by Crippen LogP contribution is 2.04. The summed E-state index contributed by atoms with van der Waals surface area (Å²) in [5.74, 6) is -3.65. The predicted octanol–water partition coefficient (Wildman–Crippen LogP) is 1.22. The van der Waals surface area contributed by atoms with Crippen LogP contribution in [0.2, 0.25) is 0 Å². The van der Waals surface area contributed by atoms with Gasteiger partial charge in [0.25, 0.3) is 0 Å². The summed E-state index contributed by atoms with van der Waals surface area (Å²) in [6.07, 6.45) is 2.33. The molecule has 2 rings (SSSR count). The minimum absolute atomic E-state index is 0.900. The van der Waals surface area contributed by atoms with Gasteiger partial charge in [-0.1, -0.05) is 31.2 Å². The van der Waals surface area contributed by atoms with E-state index in [9.17, 15) is 0 Å². The van der Waals surface area contributed by atoms with Crippen LogP contribution in [0.15, 0.2) is 24.3 Å². The lowest BCUT2D eigenvalue weighted by Gasteiger charge is -2.26. The number of carbonyl (C=O) groups is 2. The van der Waals surface area contributed by atoms with Gasteiger partial charge >= 0.3 is 11.9 Å². The van der Waals surface area contributed by atoms with Crippen LogP contribution in [0.1, 0.15) is 24.5 Å². The number of hydrogen-bond acceptors (Lipinski definition) is 5. The Balaban J connectivity index is 0.000000450. The first-order valence-electron chi connectivity index (χ1n) is 8.57. The maximum atomic E-state index is 9.10. The fraction of sp³-hybridized carbons (Fsp3) is 0.556. The van der Waals surface area contributed by atoms with E-state index in [4.69, 9.17) is 24.5 Å². The van der Waals surface area contributed by atoms with Gasteiger partial charge in [0.15, 0.2) is 0 Å². The maximum absolute atomic E-state index is 9.10. The molecule has 0 bridgehead atoms. The van der Waals surface area contributed by atoms with Crippen molar-refractivity contribution in [3.63, 3.8) is 0 Å². The van der Waals surface area contributed by atoms with Crippen molar-refractivity contribution >= 4 is 11.9 Å². The zero-order chi connectivity index (χ0) is 18.5. The van der Waals surface area contributed by atoms with E-state index in [-0.39, 0.29) is 0 Å². The number of nitrogens with zero attached hydrogens (tertiary/aromatic N) is 1. The first-order valence-corrected chi connectivity index (χ1v) is 8.57. The number of morpholine rings is 1. The van der Waals surface area contributed by atoms with Crippen molar-refractivity contribution < 1.29 is 24.5 Å². The molecular weight excluding hydrogens is 324 g/mol. The van der Waals surface area contributed by atoms with E-state index in [1.54, 1.807) is 0 Å². The van der Waals surface area contributed by atoms with Crippen LogP contribution < -0.4 is 5.32 Å². The van der Waals surface area contributed by atoms with Gasteiger partial charge < -0.3 is 20.3 Å². The van der Waals surface area contributed by atoms with Crippen molar-refractivity contribution in [2.24, 2.45) is 0 Å². The first kappa shape index (κ1) is 21.1. The Bertz CT molecular complexity index is 501. The van der Waals surface area contributed by atoms with Crippen molar-refractivity contribution in [2.45, 2.75) is 26.3 Å². The smallest absolute Gasteiger partial charge is 0.414 e. The number of aliphatic carboxylic acids is 2. The second-order valence-electron chi connectivity index (χ2n) is 5.76. The molecule has 0 radical (unpaired) electrons. The van der Waals surface area contributed by atoms with Crippen molar-refractivity contribution in [3.8, 4) is 0 Å². The van der Waals surface area contributed by atoms with E-state index in [0.717, 1.165) is 45.8 Å². The maximum Gasteiger partial charge on any atom is 0.414 e. The van der Waals surface area contributed by atoms with Crippen molar-refractivity contribution in [2.75, 3.05) is 39.4 Å². The van der Waals surface area contributed by atoms with Gasteiger partial charge in [0.05, 0.1) is 13.2 Å². The van der Waals surface area contributed by atoms with E-state index in [1.807, 2.05) is 0 Å². The zero-order valence-electron chi connectivity index (χ0n) is 14.7. The molecule has 7 nitrogen and oxygen atoms in total. The second-order valence-corrected chi connectivity index (χ2v) is 5.76. The van der Waals surface area contributed by atoms with Crippen molar-refractivity contribution in [1.29, 1.82) is 0 Å². The molecule has 0 atom stereocenters. The molecular formula is C18H28N2O5. The zero-order valence-corrected chi connectivity index (χ0v) is 14.7. The number of rotatable bonds is 7. The summed E-state index contributed by atoms with van der Waals surface area (Å²) in [6.45, 7) is 9.44. The molecule has 3 N–H and O–H groups in total. The molecule has 0 saturated carbocycles. The molecule has 1 saturated heterocycles. The standard InChI is InChI=1S/C16H26N2O.C2H2O4/c1-2-15-4-6-16(7-5-15)14-17-8-3-9-18-10-12-19-13-11-18;3-1(4)2(5)6/h4-7,17H,2-3,8-14H2,1H3;(H,3,4)(H,5,6). The molecule has 0 aromatic heterocycles. The highest BCUT2D eigenvalue weighted by Gasteiger charge is 2.08. The topological polar surface area (TPSA) is 99.1 Å². The Labute approximate surface area is 148 Å². The van der Waals surface area contributed by atoms with Gasteiger partial charge in [0.2, 0.25) is 0 Å². The van der Waals surface area contributed by atoms with Gasteiger partial charge in [-0.3, -0.25) is 4.90 Å². The van der Waals surface area contributed by atoms with E-state index in [1.165, 1.54) is 24.1 Å². The van der Waals surface area contributed by atoms with Crippen LogP contribution in [-0.2, 0) is 27.3 Å². The number of hydrogen-bond donors (Lipinski definition) is 3.